The van der Waals surface area contributed by atoms with Gasteiger partial charge in [-0.25, -0.2) is 13.1 Å². The first-order chi connectivity index (χ1) is 9.90. The van der Waals surface area contributed by atoms with E-state index in [4.69, 9.17) is 0 Å². The van der Waals surface area contributed by atoms with E-state index >= 15 is 0 Å². The topological polar surface area (TPSA) is 63.1 Å². The van der Waals surface area contributed by atoms with Gasteiger partial charge in [-0.3, -0.25) is 0 Å². The van der Waals surface area contributed by atoms with Crippen molar-refractivity contribution in [2.24, 2.45) is 7.05 Å². The van der Waals surface area contributed by atoms with Crippen LogP contribution in [-0.2, 0) is 23.6 Å². The SMILES string of the molecule is Cc1cc(S(=O)(=O)NCCNCc2cccn2C)c(C)s1. The number of hydrogen-bond acceptors (Lipinski definition) is 4. The Morgan fingerprint density at radius 1 is 1.29 bits per heavy atom. The molecule has 2 aromatic heterocycles. The van der Waals surface area contributed by atoms with Gasteiger partial charge in [0, 0.05) is 48.3 Å². The van der Waals surface area contributed by atoms with Crippen LogP contribution in [0, 0.1) is 13.8 Å². The maximum Gasteiger partial charge on any atom is 0.241 e. The molecule has 2 N–H and O–H groups in total. The van der Waals surface area contributed by atoms with Crippen LogP contribution in [0.5, 0.6) is 0 Å². The first kappa shape index (κ1) is 16.2. The number of aromatic nitrogens is 1. The highest BCUT2D eigenvalue weighted by atomic mass is 32.2. The fraction of sp³-hybridized carbons (Fsp3) is 0.429. The van der Waals surface area contributed by atoms with E-state index in [1.807, 2.05) is 43.8 Å². The smallest absolute Gasteiger partial charge is 0.241 e. The van der Waals surface area contributed by atoms with Crippen molar-refractivity contribution in [3.63, 3.8) is 0 Å². The number of nitrogens with one attached hydrogen (secondary N) is 2. The van der Waals surface area contributed by atoms with Crippen LogP contribution in [0.25, 0.3) is 0 Å². The normalized spacial score (nSPS) is 12.0. The van der Waals surface area contributed by atoms with Crippen molar-refractivity contribution in [3.8, 4) is 0 Å². The van der Waals surface area contributed by atoms with Crippen molar-refractivity contribution in [1.29, 1.82) is 0 Å². The molecule has 0 bridgehead atoms. The van der Waals surface area contributed by atoms with Crippen LogP contribution in [0.1, 0.15) is 15.4 Å². The summed E-state index contributed by atoms with van der Waals surface area (Å²) in [6.07, 6.45) is 1.99. The minimum atomic E-state index is -3.40. The minimum Gasteiger partial charge on any atom is -0.353 e. The Bertz CT molecular complexity index is 702. The second-order valence-corrected chi connectivity index (χ2v) is 8.16. The monoisotopic (exact) mass is 327 g/mol. The average molecular weight is 327 g/mol. The Morgan fingerprint density at radius 2 is 2.05 bits per heavy atom. The highest BCUT2D eigenvalue weighted by Crippen LogP contribution is 2.24. The predicted molar refractivity (Wildman–Crippen MR) is 86.1 cm³/mol. The van der Waals surface area contributed by atoms with Crippen molar-refractivity contribution >= 4 is 21.4 Å². The number of thiophene rings is 1. The van der Waals surface area contributed by atoms with E-state index in [2.05, 4.69) is 10.0 Å². The molecular weight excluding hydrogens is 306 g/mol. The van der Waals surface area contributed by atoms with Gasteiger partial charge in [-0.2, -0.15) is 0 Å². The fourth-order valence-corrected chi connectivity index (χ4v) is 4.71. The van der Waals surface area contributed by atoms with Crippen LogP contribution in [0.15, 0.2) is 29.3 Å². The molecule has 0 spiro atoms. The Labute approximate surface area is 130 Å². The molecule has 5 nitrogen and oxygen atoms in total. The van der Waals surface area contributed by atoms with Gasteiger partial charge in [0.15, 0.2) is 0 Å². The highest BCUT2D eigenvalue weighted by Gasteiger charge is 2.18. The molecule has 2 rings (SSSR count). The summed E-state index contributed by atoms with van der Waals surface area (Å²) in [7, 11) is -1.41. The van der Waals surface area contributed by atoms with Gasteiger partial charge in [0.05, 0.1) is 4.90 Å². The van der Waals surface area contributed by atoms with E-state index in [1.165, 1.54) is 17.0 Å². The maximum absolute atomic E-state index is 12.2. The molecule has 0 aliphatic heterocycles. The van der Waals surface area contributed by atoms with Gasteiger partial charge in [0.1, 0.15) is 0 Å². The van der Waals surface area contributed by atoms with Crippen molar-refractivity contribution < 1.29 is 8.42 Å². The van der Waals surface area contributed by atoms with Gasteiger partial charge in [-0.1, -0.05) is 0 Å². The van der Waals surface area contributed by atoms with Crippen molar-refractivity contribution in [3.05, 3.63) is 39.8 Å². The van der Waals surface area contributed by atoms with E-state index in [0.29, 0.717) is 18.0 Å². The van der Waals surface area contributed by atoms with Crippen molar-refractivity contribution in [2.45, 2.75) is 25.3 Å². The molecule has 2 aromatic rings. The van der Waals surface area contributed by atoms with Gasteiger partial charge >= 0.3 is 0 Å². The Balaban J connectivity index is 1.80. The second kappa shape index (κ2) is 6.74. The third-order valence-corrected chi connectivity index (χ3v) is 5.92. The molecule has 0 aromatic carbocycles. The highest BCUT2D eigenvalue weighted by molar-refractivity contribution is 7.89. The van der Waals surface area contributed by atoms with E-state index in [-0.39, 0.29) is 0 Å². The summed E-state index contributed by atoms with van der Waals surface area (Å²) in [5, 5.41) is 3.23. The summed E-state index contributed by atoms with van der Waals surface area (Å²) in [6, 6.07) is 5.75. The van der Waals surface area contributed by atoms with Crippen LogP contribution < -0.4 is 10.0 Å². The van der Waals surface area contributed by atoms with Crippen LogP contribution >= 0.6 is 11.3 Å². The van der Waals surface area contributed by atoms with Gasteiger partial charge < -0.3 is 9.88 Å². The summed E-state index contributed by atoms with van der Waals surface area (Å²) in [5.74, 6) is 0. The largest absolute Gasteiger partial charge is 0.353 e. The third kappa shape index (κ3) is 4.16. The maximum atomic E-state index is 12.2. The van der Waals surface area contributed by atoms with Gasteiger partial charge in [0.25, 0.3) is 0 Å². The molecule has 0 atom stereocenters. The molecular formula is C14H21N3O2S2. The Kier molecular flexibility index (Phi) is 5.21. The lowest BCUT2D eigenvalue weighted by Gasteiger charge is -2.08. The van der Waals surface area contributed by atoms with E-state index in [0.717, 1.165) is 16.3 Å². The van der Waals surface area contributed by atoms with Gasteiger partial charge in [-0.15, -0.1) is 11.3 Å². The molecule has 0 amide bonds. The standard InChI is InChI=1S/C14H21N3O2S2/c1-11-9-14(12(2)20-11)21(18,19)16-7-6-15-10-13-5-4-8-17(13)3/h4-5,8-9,15-16H,6-7,10H2,1-3H3. The number of rotatable bonds is 7. The summed E-state index contributed by atoms with van der Waals surface area (Å²) >= 11 is 1.50. The van der Waals surface area contributed by atoms with Crippen LogP contribution in [0.3, 0.4) is 0 Å². The van der Waals surface area contributed by atoms with E-state index < -0.39 is 10.0 Å². The summed E-state index contributed by atoms with van der Waals surface area (Å²) in [5.41, 5.74) is 1.17. The van der Waals surface area contributed by atoms with Crippen LogP contribution in [0.4, 0.5) is 0 Å². The van der Waals surface area contributed by atoms with Crippen molar-refractivity contribution in [2.75, 3.05) is 13.1 Å². The fourth-order valence-electron chi connectivity index (χ4n) is 2.12. The number of sulfonamides is 1. The molecule has 0 aliphatic carbocycles. The summed E-state index contributed by atoms with van der Waals surface area (Å²) < 4.78 is 29.0. The molecule has 0 saturated heterocycles. The average Bonchev–Trinajstić information content (AvgIpc) is 2.95. The zero-order chi connectivity index (χ0) is 15.5. The number of aryl methyl sites for hydroxylation is 3. The Morgan fingerprint density at radius 3 is 2.62 bits per heavy atom. The lowest BCUT2D eigenvalue weighted by molar-refractivity contribution is 0.574. The quantitative estimate of drug-likeness (QED) is 0.762. The molecule has 0 saturated carbocycles. The van der Waals surface area contributed by atoms with Crippen LogP contribution in [0.2, 0.25) is 0 Å². The molecule has 21 heavy (non-hydrogen) atoms. The van der Waals surface area contributed by atoms with E-state index in [9.17, 15) is 8.42 Å². The number of nitrogens with zero attached hydrogens (tertiary/aromatic N) is 1. The lowest BCUT2D eigenvalue weighted by Crippen LogP contribution is -2.32. The molecule has 116 valence electrons. The predicted octanol–water partition coefficient (Wildman–Crippen LogP) is 1.77. The van der Waals surface area contributed by atoms with E-state index in [1.54, 1.807) is 6.07 Å². The molecule has 0 unspecified atom stereocenters. The molecule has 2 heterocycles. The molecule has 0 radical (unpaired) electrons. The van der Waals surface area contributed by atoms with Gasteiger partial charge in [-0.05, 0) is 32.0 Å². The summed E-state index contributed by atoms with van der Waals surface area (Å²) in [4.78, 5) is 2.24. The first-order valence-corrected chi connectivity index (χ1v) is 9.08. The first-order valence-electron chi connectivity index (χ1n) is 6.78. The Hall–Kier alpha value is -1.15. The van der Waals surface area contributed by atoms with Gasteiger partial charge in [0.2, 0.25) is 10.0 Å². The molecule has 7 heteroatoms. The number of hydrogen-bond donors (Lipinski definition) is 2. The summed E-state index contributed by atoms with van der Waals surface area (Å²) in [6.45, 7) is 5.44. The lowest BCUT2D eigenvalue weighted by atomic mass is 10.4. The second-order valence-electron chi connectivity index (χ2n) is 4.96. The molecule has 0 aliphatic rings. The van der Waals surface area contributed by atoms with Crippen LogP contribution in [-0.4, -0.2) is 26.1 Å². The zero-order valence-electron chi connectivity index (χ0n) is 12.5. The third-order valence-electron chi connectivity index (χ3n) is 3.24. The molecule has 0 fully saturated rings. The zero-order valence-corrected chi connectivity index (χ0v) is 14.1. The minimum absolute atomic E-state index is 0.376. The van der Waals surface area contributed by atoms with Crippen molar-refractivity contribution in [1.82, 2.24) is 14.6 Å².